The fourth-order valence-corrected chi connectivity index (χ4v) is 2.21. The highest BCUT2D eigenvalue weighted by Crippen LogP contribution is 2.12. The van der Waals surface area contributed by atoms with E-state index < -0.39 is 0 Å². The Bertz CT molecular complexity index is 745. The van der Waals surface area contributed by atoms with Gasteiger partial charge in [-0.2, -0.15) is 0 Å². The highest BCUT2D eigenvalue weighted by atomic mass is 15.2. The Hall–Kier alpha value is -3.39. The lowest BCUT2D eigenvalue weighted by atomic mass is 10.2. The molecule has 0 heterocycles. The number of benzene rings is 2. The van der Waals surface area contributed by atoms with Crippen LogP contribution < -0.4 is 22.1 Å². The van der Waals surface area contributed by atoms with E-state index >= 15 is 0 Å². The molecule has 0 spiro atoms. The average molecular weight is 366 g/mol. The largest absolute Gasteiger partial charge is 0.384 e. The molecule has 27 heavy (non-hydrogen) atoms. The third-order valence-corrected chi connectivity index (χ3v) is 3.73. The summed E-state index contributed by atoms with van der Waals surface area (Å²) >= 11 is 0. The number of nitrogens with one attached hydrogen (secondary N) is 4. The van der Waals surface area contributed by atoms with E-state index in [4.69, 9.17) is 22.3 Å². The first-order chi connectivity index (χ1) is 12.8. The molecular formula is C19H26N8. The lowest BCUT2D eigenvalue weighted by Gasteiger charge is -2.14. The number of nitrogen functional groups attached to an aromatic ring is 2. The maximum absolute atomic E-state index is 7.47. The standard InChI is InChI=1S/C19H26N8/c1-27(2)12-11-24-19(25-15-7-3-13(4-8-15)17(20)21)26-16-9-5-14(6-10-16)18(22)23/h3-10H,11-12H2,1-2H3,(H3,20,21)(H3,22,23)(H2,24,25,26). The minimum atomic E-state index is 0.0325. The summed E-state index contributed by atoms with van der Waals surface area (Å²) in [5.74, 6) is 0.665. The van der Waals surface area contributed by atoms with Crippen molar-refractivity contribution in [1.29, 1.82) is 10.8 Å². The van der Waals surface area contributed by atoms with E-state index in [1.807, 2.05) is 38.4 Å². The van der Waals surface area contributed by atoms with E-state index in [2.05, 4.69) is 20.5 Å². The van der Waals surface area contributed by atoms with Gasteiger partial charge < -0.3 is 27.0 Å². The normalized spacial score (nSPS) is 10.3. The highest BCUT2D eigenvalue weighted by Gasteiger charge is 2.04. The number of guanidine groups is 1. The third-order valence-electron chi connectivity index (χ3n) is 3.73. The van der Waals surface area contributed by atoms with Crippen molar-refractivity contribution in [2.75, 3.05) is 37.8 Å². The molecule has 0 fully saturated rings. The van der Waals surface area contributed by atoms with Crippen LogP contribution in [0.4, 0.5) is 11.4 Å². The molecule has 142 valence electrons. The third kappa shape index (κ3) is 6.44. The second-order valence-corrected chi connectivity index (χ2v) is 6.27. The summed E-state index contributed by atoms with van der Waals surface area (Å²) in [7, 11) is 3.99. The number of aliphatic imine (C=N–C) groups is 1. The van der Waals surface area contributed by atoms with Crippen LogP contribution in [0.15, 0.2) is 53.5 Å². The molecule has 8 nitrogen and oxygen atoms in total. The molecule has 0 aromatic heterocycles. The summed E-state index contributed by atoms with van der Waals surface area (Å²) in [5.41, 5.74) is 14.0. The summed E-state index contributed by atoms with van der Waals surface area (Å²) in [5, 5.41) is 21.4. The maximum atomic E-state index is 7.47. The molecule has 0 aliphatic heterocycles. The molecule has 2 aromatic carbocycles. The number of nitrogens with two attached hydrogens (primary N) is 2. The van der Waals surface area contributed by atoms with E-state index in [1.54, 1.807) is 24.3 Å². The summed E-state index contributed by atoms with van der Waals surface area (Å²) in [6.45, 7) is 1.44. The second kappa shape index (κ2) is 9.35. The molecular weight excluding hydrogens is 340 g/mol. The number of amidine groups is 2. The summed E-state index contributed by atoms with van der Waals surface area (Å²) in [6.07, 6.45) is 0. The first-order valence-electron chi connectivity index (χ1n) is 8.47. The molecule has 8 N–H and O–H groups in total. The van der Waals surface area contributed by atoms with E-state index in [-0.39, 0.29) is 11.7 Å². The van der Waals surface area contributed by atoms with Gasteiger partial charge in [-0.3, -0.25) is 15.8 Å². The van der Waals surface area contributed by atoms with Gasteiger partial charge >= 0.3 is 0 Å². The second-order valence-electron chi connectivity index (χ2n) is 6.27. The predicted octanol–water partition coefficient (Wildman–Crippen LogP) is 1.70. The first-order valence-corrected chi connectivity index (χ1v) is 8.47. The van der Waals surface area contributed by atoms with E-state index in [1.165, 1.54) is 0 Å². The van der Waals surface area contributed by atoms with Crippen molar-refractivity contribution in [2.24, 2.45) is 16.5 Å². The Morgan fingerprint density at radius 3 is 1.59 bits per heavy atom. The van der Waals surface area contributed by atoms with Gasteiger partial charge in [-0.1, -0.05) is 0 Å². The molecule has 0 atom stereocenters. The summed E-state index contributed by atoms with van der Waals surface area (Å²) in [4.78, 5) is 6.65. The van der Waals surface area contributed by atoms with Crippen LogP contribution in [0, 0.1) is 10.8 Å². The molecule has 0 saturated carbocycles. The van der Waals surface area contributed by atoms with Crippen molar-refractivity contribution < 1.29 is 0 Å². The quantitative estimate of drug-likeness (QED) is 0.327. The van der Waals surface area contributed by atoms with Gasteiger partial charge in [-0.15, -0.1) is 0 Å². The smallest absolute Gasteiger partial charge is 0.200 e. The zero-order valence-corrected chi connectivity index (χ0v) is 15.6. The predicted molar refractivity (Wildman–Crippen MR) is 113 cm³/mol. The molecule has 0 amide bonds. The van der Waals surface area contributed by atoms with Crippen LogP contribution in [0.1, 0.15) is 11.1 Å². The number of anilines is 2. The van der Waals surface area contributed by atoms with Gasteiger partial charge in [-0.05, 0) is 62.6 Å². The van der Waals surface area contributed by atoms with Gasteiger partial charge in [0.2, 0.25) is 0 Å². The monoisotopic (exact) mass is 366 g/mol. The number of rotatable bonds is 7. The van der Waals surface area contributed by atoms with E-state index in [0.717, 1.165) is 17.9 Å². The minimum absolute atomic E-state index is 0.0325. The zero-order valence-electron chi connectivity index (χ0n) is 15.6. The SMILES string of the molecule is CN(C)CCN=C(Nc1ccc(C(=N)N)cc1)Nc1ccc(C(=N)N)cc1. The maximum Gasteiger partial charge on any atom is 0.200 e. The van der Waals surface area contributed by atoms with Gasteiger partial charge in [0.05, 0.1) is 6.54 Å². The van der Waals surface area contributed by atoms with Crippen LogP contribution in [0.5, 0.6) is 0 Å². The van der Waals surface area contributed by atoms with Crippen molar-refractivity contribution in [1.82, 2.24) is 4.90 Å². The molecule has 0 radical (unpaired) electrons. The Labute approximate surface area is 159 Å². The lowest BCUT2D eigenvalue weighted by Crippen LogP contribution is -2.24. The Kier molecular flexibility index (Phi) is 6.90. The fraction of sp³-hybridized carbons (Fsp3) is 0.211. The van der Waals surface area contributed by atoms with Crippen LogP contribution in [0.2, 0.25) is 0 Å². The van der Waals surface area contributed by atoms with Crippen molar-refractivity contribution in [3.8, 4) is 0 Å². The Morgan fingerprint density at radius 1 is 0.852 bits per heavy atom. The molecule has 8 heteroatoms. The number of hydrogen-bond donors (Lipinski definition) is 6. The van der Waals surface area contributed by atoms with E-state index in [0.29, 0.717) is 23.6 Å². The van der Waals surface area contributed by atoms with Crippen LogP contribution in [0.3, 0.4) is 0 Å². The van der Waals surface area contributed by atoms with Crippen molar-refractivity contribution in [3.63, 3.8) is 0 Å². The van der Waals surface area contributed by atoms with Crippen LogP contribution in [-0.4, -0.2) is 49.7 Å². The fourth-order valence-electron chi connectivity index (χ4n) is 2.21. The topological polar surface area (TPSA) is 139 Å². The molecule has 0 aliphatic carbocycles. The van der Waals surface area contributed by atoms with Crippen LogP contribution in [0.25, 0.3) is 0 Å². The highest BCUT2D eigenvalue weighted by molar-refractivity contribution is 6.04. The number of likely N-dealkylation sites (N-methyl/N-ethyl adjacent to an activating group) is 1. The van der Waals surface area contributed by atoms with E-state index in [9.17, 15) is 0 Å². The van der Waals surface area contributed by atoms with Crippen molar-refractivity contribution in [2.45, 2.75) is 0 Å². The first kappa shape index (κ1) is 19.9. The Balaban J connectivity index is 2.14. The Morgan fingerprint density at radius 2 is 1.26 bits per heavy atom. The number of nitrogens with zero attached hydrogens (tertiary/aromatic N) is 2. The average Bonchev–Trinajstić information content (AvgIpc) is 2.62. The summed E-state index contributed by atoms with van der Waals surface area (Å²) < 4.78 is 0. The number of hydrogen-bond acceptors (Lipinski definition) is 4. The molecule has 0 saturated heterocycles. The zero-order chi connectivity index (χ0) is 19.8. The molecule has 0 aliphatic rings. The van der Waals surface area contributed by atoms with Gasteiger partial charge in [0.15, 0.2) is 5.96 Å². The molecule has 2 aromatic rings. The van der Waals surface area contributed by atoms with Gasteiger partial charge in [0.1, 0.15) is 11.7 Å². The lowest BCUT2D eigenvalue weighted by molar-refractivity contribution is 0.420. The van der Waals surface area contributed by atoms with Gasteiger partial charge in [0.25, 0.3) is 0 Å². The van der Waals surface area contributed by atoms with Gasteiger partial charge in [0, 0.05) is 29.0 Å². The summed E-state index contributed by atoms with van der Waals surface area (Å²) in [6, 6.07) is 14.5. The van der Waals surface area contributed by atoms with Crippen molar-refractivity contribution >= 4 is 29.0 Å². The minimum Gasteiger partial charge on any atom is -0.384 e. The van der Waals surface area contributed by atoms with Crippen molar-refractivity contribution in [3.05, 3.63) is 59.7 Å². The molecule has 0 unspecified atom stereocenters. The molecule has 0 bridgehead atoms. The molecule has 2 rings (SSSR count). The van der Waals surface area contributed by atoms with Crippen LogP contribution >= 0.6 is 0 Å². The van der Waals surface area contributed by atoms with Gasteiger partial charge in [-0.25, -0.2) is 0 Å². The van der Waals surface area contributed by atoms with Crippen LogP contribution in [-0.2, 0) is 0 Å².